The van der Waals surface area contributed by atoms with E-state index in [1.807, 2.05) is 6.92 Å². The minimum atomic E-state index is -2.99. The summed E-state index contributed by atoms with van der Waals surface area (Å²) in [5, 5.41) is 6.47. The largest absolute Gasteiger partial charge is 0.357 e. The fourth-order valence-corrected chi connectivity index (χ4v) is 4.98. The fraction of sp³-hybridized carbons (Fsp3) is 0.938. The number of rotatable bonds is 8. The molecule has 0 aromatic carbocycles. The Labute approximate surface area is 141 Å². The Kier molecular flexibility index (Phi) is 7.62. The molecule has 0 radical (unpaired) electrons. The van der Waals surface area contributed by atoms with Gasteiger partial charge in [-0.3, -0.25) is 4.99 Å². The van der Waals surface area contributed by atoms with E-state index in [2.05, 4.69) is 15.6 Å². The predicted molar refractivity (Wildman–Crippen MR) is 95.2 cm³/mol. The summed E-state index contributed by atoms with van der Waals surface area (Å²) in [6.07, 6.45) is 8.77. The molecule has 134 valence electrons. The Bertz CT molecular complexity index is 472. The Morgan fingerprint density at radius 1 is 1.22 bits per heavy atom. The van der Waals surface area contributed by atoms with Gasteiger partial charge < -0.3 is 10.6 Å². The lowest BCUT2D eigenvalue weighted by Gasteiger charge is -2.16. The molecule has 2 rings (SSSR count). The second-order valence-corrected chi connectivity index (χ2v) is 8.64. The van der Waals surface area contributed by atoms with Crippen molar-refractivity contribution in [3.63, 3.8) is 0 Å². The highest BCUT2D eigenvalue weighted by molar-refractivity contribution is 7.89. The first-order chi connectivity index (χ1) is 11.1. The minimum absolute atomic E-state index is 0.294. The van der Waals surface area contributed by atoms with Crippen LogP contribution in [-0.4, -0.2) is 57.2 Å². The molecule has 1 aliphatic heterocycles. The van der Waals surface area contributed by atoms with Crippen molar-refractivity contribution in [2.45, 2.75) is 51.9 Å². The lowest BCUT2D eigenvalue weighted by Crippen LogP contribution is -2.42. The van der Waals surface area contributed by atoms with Crippen molar-refractivity contribution in [1.29, 1.82) is 0 Å². The van der Waals surface area contributed by atoms with Crippen molar-refractivity contribution in [3.8, 4) is 0 Å². The SMILES string of the molecule is CCNC(=NCCCC1CCCC1)NCCN1CCCS1(=O)=O. The van der Waals surface area contributed by atoms with Gasteiger partial charge in [-0.25, -0.2) is 12.7 Å². The second kappa shape index (κ2) is 9.47. The summed E-state index contributed by atoms with van der Waals surface area (Å²) < 4.78 is 25.1. The molecular formula is C16H32N4O2S. The average Bonchev–Trinajstić information content (AvgIpc) is 3.13. The highest BCUT2D eigenvalue weighted by Gasteiger charge is 2.27. The molecule has 0 spiro atoms. The molecule has 0 aromatic heterocycles. The fourth-order valence-electron chi connectivity index (χ4n) is 3.45. The predicted octanol–water partition coefficient (Wildman–Crippen LogP) is 1.55. The molecule has 0 unspecified atom stereocenters. The molecule has 2 N–H and O–H groups in total. The Balaban J connectivity index is 1.66. The minimum Gasteiger partial charge on any atom is -0.357 e. The molecule has 0 bridgehead atoms. The van der Waals surface area contributed by atoms with Crippen LogP contribution in [0.4, 0.5) is 0 Å². The zero-order chi connectivity index (χ0) is 16.5. The molecule has 7 heteroatoms. The van der Waals surface area contributed by atoms with E-state index in [0.29, 0.717) is 25.4 Å². The molecule has 6 nitrogen and oxygen atoms in total. The third kappa shape index (κ3) is 6.30. The molecule has 1 saturated heterocycles. The van der Waals surface area contributed by atoms with Gasteiger partial charge in [0.1, 0.15) is 0 Å². The van der Waals surface area contributed by atoms with Crippen LogP contribution in [0, 0.1) is 5.92 Å². The van der Waals surface area contributed by atoms with Crippen LogP contribution in [0.3, 0.4) is 0 Å². The zero-order valence-electron chi connectivity index (χ0n) is 14.4. The van der Waals surface area contributed by atoms with Gasteiger partial charge in [0.25, 0.3) is 0 Å². The smallest absolute Gasteiger partial charge is 0.214 e. The van der Waals surface area contributed by atoms with Gasteiger partial charge in [-0.05, 0) is 32.1 Å². The summed E-state index contributed by atoms with van der Waals surface area (Å²) >= 11 is 0. The molecule has 0 atom stereocenters. The number of nitrogens with one attached hydrogen (secondary N) is 2. The van der Waals surface area contributed by atoms with Crippen LogP contribution in [0.5, 0.6) is 0 Å². The van der Waals surface area contributed by atoms with E-state index < -0.39 is 10.0 Å². The molecule has 2 aliphatic rings. The van der Waals surface area contributed by atoms with Gasteiger partial charge in [0.05, 0.1) is 5.75 Å². The van der Waals surface area contributed by atoms with Crippen molar-refractivity contribution in [3.05, 3.63) is 0 Å². The molecule has 23 heavy (non-hydrogen) atoms. The molecule has 2 fully saturated rings. The standard InChI is InChI=1S/C16H32N4O2S/c1-2-17-16(18-10-5-9-15-7-3-4-8-15)19-11-13-20-12-6-14-23(20,21)22/h15H,2-14H2,1H3,(H2,17,18,19). The molecule has 0 aromatic rings. The number of hydrogen-bond donors (Lipinski definition) is 2. The first-order valence-electron chi connectivity index (χ1n) is 9.12. The van der Waals surface area contributed by atoms with Gasteiger partial charge >= 0.3 is 0 Å². The van der Waals surface area contributed by atoms with Crippen LogP contribution in [0.2, 0.25) is 0 Å². The van der Waals surface area contributed by atoms with Crippen molar-refractivity contribution in [1.82, 2.24) is 14.9 Å². The maximum Gasteiger partial charge on any atom is 0.214 e. The summed E-state index contributed by atoms with van der Waals surface area (Å²) in [6, 6.07) is 0. The van der Waals surface area contributed by atoms with Crippen molar-refractivity contribution < 1.29 is 8.42 Å². The number of nitrogens with zero attached hydrogens (tertiary/aromatic N) is 2. The summed E-state index contributed by atoms with van der Waals surface area (Å²) in [6.45, 7) is 5.48. The van der Waals surface area contributed by atoms with E-state index in [1.54, 1.807) is 4.31 Å². The van der Waals surface area contributed by atoms with Crippen LogP contribution in [0.15, 0.2) is 4.99 Å². The summed E-state index contributed by atoms with van der Waals surface area (Å²) in [5.74, 6) is 2.01. The maximum absolute atomic E-state index is 11.8. The van der Waals surface area contributed by atoms with Gasteiger partial charge in [-0.15, -0.1) is 0 Å². The van der Waals surface area contributed by atoms with E-state index >= 15 is 0 Å². The molecule has 1 aliphatic carbocycles. The summed E-state index contributed by atoms with van der Waals surface area (Å²) in [4.78, 5) is 4.60. The first-order valence-corrected chi connectivity index (χ1v) is 10.7. The van der Waals surface area contributed by atoms with E-state index in [4.69, 9.17) is 0 Å². The molecule has 1 heterocycles. The quantitative estimate of drug-likeness (QED) is 0.398. The van der Waals surface area contributed by atoms with Crippen LogP contribution in [-0.2, 0) is 10.0 Å². The number of sulfonamides is 1. The van der Waals surface area contributed by atoms with Gasteiger partial charge in [-0.1, -0.05) is 25.7 Å². The normalized spacial score (nSPS) is 22.6. The van der Waals surface area contributed by atoms with Gasteiger partial charge in [0.15, 0.2) is 5.96 Å². The van der Waals surface area contributed by atoms with Crippen LogP contribution < -0.4 is 10.6 Å². The van der Waals surface area contributed by atoms with E-state index in [9.17, 15) is 8.42 Å². The Morgan fingerprint density at radius 2 is 2.00 bits per heavy atom. The van der Waals surface area contributed by atoms with Gasteiger partial charge in [-0.2, -0.15) is 0 Å². The second-order valence-electron chi connectivity index (χ2n) is 6.55. The summed E-state index contributed by atoms with van der Waals surface area (Å²) in [7, 11) is -2.99. The lowest BCUT2D eigenvalue weighted by atomic mass is 10.0. The van der Waals surface area contributed by atoms with Crippen LogP contribution >= 0.6 is 0 Å². The van der Waals surface area contributed by atoms with Gasteiger partial charge in [0, 0.05) is 32.7 Å². The lowest BCUT2D eigenvalue weighted by molar-refractivity contribution is 0.445. The number of guanidine groups is 1. The highest BCUT2D eigenvalue weighted by Crippen LogP contribution is 2.28. The first kappa shape index (κ1) is 18.5. The Morgan fingerprint density at radius 3 is 2.65 bits per heavy atom. The van der Waals surface area contributed by atoms with Crippen molar-refractivity contribution >= 4 is 16.0 Å². The van der Waals surface area contributed by atoms with E-state index in [1.165, 1.54) is 32.1 Å². The maximum atomic E-state index is 11.8. The number of aliphatic imine (C=N–C) groups is 1. The van der Waals surface area contributed by atoms with Gasteiger partial charge in [0.2, 0.25) is 10.0 Å². The van der Waals surface area contributed by atoms with Crippen molar-refractivity contribution in [2.24, 2.45) is 10.9 Å². The molecular weight excluding hydrogens is 312 g/mol. The third-order valence-electron chi connectivity index (χ3n) is 4.72. The topological polar surface area (TPSA) is 73.8 Å². The molecule has 1 saturated carbocycles. The average molecular weight is 345 g/mol. The van der Waals surface area contributed by atoms with E-state index in [0.717, 1.165) is 37.8 Å². The monoisotopic (exact) mass is 344 g/mol. The summed E-state index contributed by atoms with van der Waals surface area (Å²) in [5.41, 5.74) is 0. The van der Waals surface area contributed by atoms with Crippen molar-refractivity contribution in [2.75, 3.05) is 38.5 Å². The Hall–Kier alpha value is -0.820. The van der Waals surface area contributed by atoms with E-state index in [-0.39, 0.29) is 0 Å². The highest BCUT2D eigenvalue weighted by atomic mass is 32.2. The third-order valence-corrected chi connectivity index (χ3v) is 6.67. The molecule has 0 amide bonds. The van der Waals surface area contributed by atoms with Crippen LogP contribution in [0.25, 0.3) is 0 Å². The van der Waals surface area contributed by atoms with Crippen LogP contribution in [0.1, 0.15) is 51.9 Å². The zero-order valence-corrected chi connectivity index (χ0v) is 15.2. The number of hydrogen-bond acceptors (Lipinski definition) is 3.